The fraction of sp³-hybridized carbons (Fsp3) is 0.500. The van der Waals surface area contributed by atoms with Gasteiger partial charge in [0.05, 0.1) is 17.7 Å². The first kappa shape index (κ1) is 18.4. The van der Waals surface area contributed by atoms with Gasteiger partial charge in [-0.05, 0) is 31.5 Å². The van der Waals surface area contributed by atoms with Crippen LogP contribution < -0.4 is 14.8 Å². The van der Waals surface area contributed by atoms with Crippen molar-refractivity contribution in [3.63, 3.8) is 0 Å². The smallest absolute Gasteiger partial charge is 0.240 e. The summed E-state index contributed by atoms with van der Waals surface area (Å²) < 4.78 is 37.1. The zero-order valence-electron chi connectivity index (χ0n) is 13.0. The molecule has 1 aromatic rings. The van der Waals surface area contributed by atoms with Crippen LogP contribution in [-0.2, 0) is 19.6 Å². The minimum absolute atomic E-state index is 0.0634. The second kappa shape index (κ2) is 8.72. The maximum atomic E-state index is 12.2. The Morgan fingerprint density at radius 1 is 1.32 bits per heavy atom. The Labute approximate surface area is 131 Å². The third-order valence-corrected chi connectivity index (χ3v) is 4.21. The van der Waals surface area contributed by atoms with E-state index in [1.165, 1.54) is 32.2 Å². The summed E-state index contributed by atoms with van der Waals surface area (Å²) in [5.74, 6) is 0.0861. The van der Waals surface area contributed by atoms with Gasteiger partial charge in [0, 0.05) is 26.7 Å². The number of anilines is 1. The van der Waals surface area contributed by atoms with Gasteiger partial charge in [0.15, 0.2) is 0 Å². The van der Waals surface area contributed by atoms with Crippen LogP contribution in [0.4, 0.5) is 5.69 Å². The van der Waals surface area contributed by atoms with Gasteiger partial charge in [-0.1, -0.05) is 0 Å². The zero-order chi connectivity index (χ0) is 16.6. The number of hydrogen-bond acceptors (Lipinski definition) is 5. The van der Waals surface area contributed by atoms with E-state index >= 15 is 0 Å². The first-order valence-corrected chi connectivity index (χ1v) is 8.42. The van der Waals surface area contributed by atoms with Crippen LogP contribution in [0.1, 0.15) is 20.3 Å². The average Bonchev–Trinajstić information content (AvgIpc) is 2.46. The fourth-order valence-electron chi connectivity index (χ4n) is 1.75. The molecule has 7 nitrogen and oxygen atoms in total. The SMILES string of the molecule is CCOCCCNS(=O)(=O)c1ccc(OC)c(NC(C)=O)c1. The number of carbonyl (C=O) groups is 1. The lowest BCUT2D eigenvalue weighted by Crippen LogP contribution is -2.25. The number of nitrogens with one attached hydrogen (secondary N) is 2. The Hall–Kier alpha value is -1.64. The van der Waals surface area contributed by atoms with Crippen LogP contribution in [0.15, 0.2) is 23.1 Å². The van der Waals surface area contributed by atoms with Gasteiger partial charge < -0.3 is 14.8 Å². The number of methoxy groups -OCH3 is 1. The van der Waals surface area contributed by atoms with Crippen molar-refractivity contribution in [1.29, 1.82) is 0 Å². The number of amides is 1. The standard InChI is InChI=1S/C14H22N2O5S/c1-4-21-9-5-8-15-22(18,19)12-6-7-14(20-3)13(10-12)16-11(2)17/h6-7,10,15H,4-5,8-9H2,1-3H3,(H,16,17). The van der Waals surface area contributed by atoms with Crippen molar-refractivity contribution in [3.05, 3.63) is 18.2 Å². The minimum atomic E-state index is -3.64. The van der Waals surface area contributed by atoms with E-state index in [2.05, 4.69) is 10.0 Å². The van der Waals surface area contributed by atoms with Crippen LogP contribution in [0, 0.1) is 0 Å². The van der Waals surface area contributed by atoms with Gasteiger partial charge in [0.25, 0.3) is 0 Å². The molecule has 0 aliphatic rings. The third-order valence-electron chi connectivity index (χ3n) is 2.75. The highest BCUT2D eigenvalue weighted by Gasteiger charge is 2.16. The molecule has 0 unspecified atom stereocenters. The highest BCUT2D eigenvalue weighted by atomic mass is 32.2. The van der Waals surface area contributed by atoms with E-state index in [0.29, 0.717) is 31.1 Å². The lowest BCUT2D eigenvalue weighted by molar-refractivity contribution is -0.114. The van der Waals surface area contributed by atoms with Crippen molar-refractivity contribution in [3.8, 4) is 5.75 Å². The summed E-state index contributed by atoms with van der Waals surface area (Å²) in [4.78, 5) is 11.2. The maximum absolute atomic E-state index is 12.2. The molecule has 0 spiro atoms. The van der Waals surface area contributed by atoms with Gasteiger partial charge >= 0.3 is 0 Å². The summed E-state index contributed by atoms with van der Waals surface area (Å²) in [5, 5.41) is 2.54. The molecule has 0 aliphatic heterocycles. The Bertz CT molecular complexity index is 601. The second-order valence-corrected chi connectivity index (χ2v) is 6.26. The molecule has 0 saturated carbocycles. The van der Waals surface area contributed by atoms with Crippen LogP contribution in [0.5, 0.6) is 5.75 Å². The summed E-state index contributed by atoms with van der Waals surface area (Å²) in [6, 6.07) is 4.29. The average molecular weight is 330 g/mol. The van der Waals surface area contributed by atoms with Gasteiger partial charge in [-0.25, -0.2) is 13.1 Å². The van der Waals surface area contributed by atoms with E-state index in [1.54, 1.807) is 0 Å². The summed E-state index contributed by atoms with van der Waals surface area (Å²) in [7, 11) is -2.20. The molecular weight excluding hydrogens is 308 g/mol. The van der Waals surface area contributed by atoms with E-state index in [1.807, 2.05) is 6.92 Å². The van der Waals surface area contributed by atoms with Gasteiger partial charge in [0.2, 0.25) is 15.9 Å². The zero-order valence-corrected chi connectivity index (χ0v) is 13.8. The van der Waals surface area contributed by atoms with Crippen LogP contribution in [0.3, 0.4) is 0 Å². The summed E-state index contributed by atoms with van der Waals surface area (Å²) in [6.07, 6.45) is 0.585. The quantitative estimate of drug-likeness (QED) is 0.667. The minimum Gasteiger partial charge on any atom is -0.495 e. The molecule has 0 aliphatic carbocycles. The predicted octanol–water partition coefficient (Wildman–Crippen LogP) is 1.36. The van der Waals surface area contributed by atoms with E-state index in [9.17, 15) is 13.2 Å². The van der Waals surface area contributed by atoms with Crippen LogP contribution in [0.2, 0.25) is 0 Å². The molecular formula is C14H22N2O5S. The molecule has 2 N–H and O–H groups in total. The number of benzene rings is 1. The Kier molecular flexibility index (Phi) is 7.30. The molecule has 1 aromatic carbocycles. The molecule has 1 rings (SSSR count). The highest BCUT2D eigenvalue weighted by Crippen LogP contribution is 2.27. The predicted molar refractivity (Wildman–Crippen MR) is 83.6 cm³/mol. The van der Waals surface area contributed by atoms with E-state index in [0.717, 1.165) is 0 Å². The topological polar surface area (TPSA) is 93.7 Å². The molecule has 0 heterocycles. The first-order valence-electron chi connectivity index (χ1n) is 6.93. The molecule has 1 amide bonds. The number of ether oxygens (including phenoxy) is 2. The van der Waals surface area contributed by atoms with Gasteiger partial charge in [-0.3, -0.25) is 4.79 Å². The van der Waals surface area contributed by atoms with Crippen molar-refractivity contribution in [2.75, 3.05) is 32.2 Å². The van der Waals surface area contributed by atoms with Gasteiger partial charge in [-0.15, -0.1) is 0 Å². The Morgan fingerprint density at radius 2 is 2.05 bits per heavy atom. The molecule has 0 bridgehead atoms. The molecule has 8 heteroatoms. The van der Waals surface area contributed by atoms with E-state index in [4.69, 9.17) is 9.47 Å². The highest BCUT2D eigenvalue weighted by molar-refractivity contribution is 7.89. The van der Waals surface area contributed by atoms with Gasteiger partial charge in [-0.2, -0.15) is 0 Å². The third kappa shape index (κ3) is 5.63. The Balaban J connectivity index is 2.83. The van der Waals surface area contributed by atoms with Crippen molar-refractivity contribution in [2.45, 2.75) is 25.2 Å². The van der Waals surface area contributed by atoms with Crippen LogP contribution in [-0.4, -0.2) is 41.2 Å². The number of rotatable bonds is 9. The fourth-order valence-corrected chi connectivity index (χ4v) is 2.85. The van der Waals surface area contributed by atoms with Crippen molar-refractivity contribution in [2.24, 2.45) is 0 Å². The maximum Gasteiger partial charge on any atom is 0.240 e. The largest absolute Gasteiger partial charge is 0.495 e. The summed E-state index contributed by atoms with van der Waals surface area (Å²) >= 11 is 0. The second-order valence-electron chi connectivity index (χ2n) is 4.49. The lowest BCUT2D eigenvalue weighted by Gasteiger charge is -2.12. The van der Waals surface area contributed by atoms with Crippen LogP contribution >= 0.6 is 0 Å². The molecule has 124 valence electrons. The van der Waals surface area contributed by atoms with Crippen molar-refractivity contribution in [1.82, 2.24) is 4.72 Å². The normalized spacial score (nSPS) is 11.2. The van der Waals surface area contributed by atoms with Crippen LogP contribution in [0.25, 0.3) is 0 Å². The molecule has 0 radical (unpaired) electrons. The van der Waals surface area contributed by atoms with Crippen molar-refractivity contribution < 1.29 is 22.7 Å². The summed E-state index contributed by atoms with van der Waals surface area (Å²) in [6.45, 7) is 4.60. The van der Waals surface area contributed by atoms with Gasteiger partial charge in [0.1, 0.15) is 5.75 Å². The molecule has 22 heavy (non-hydrogen) atoms. The van der Waals surface area contributed by atoms with E-state index < -0.39 is 10.0 Å². The summed E-state index contributed by atoms with van der Waals surface area (Å²) in [5.41, 5.74) is 0.312. The molecule has 0 saturated heterocycles. The number of hydrogen-bond donors (Lipinski definition) is 2. The molecule has 0 atom stereocenters. The van der Waals surface area contributed by atoms with Crippen molar-refractivity contribution >= 4 is 21.6 Å². The monoisotopic (exact) mass is 330 g/mol. The number of carbonyl (C=O) groups excluding carboxylic acids is 1. The molecule has 0 fully saturated rings. The Morgan fingerprint density at radius 3 is 2.64 bits per heavy atom. The lowest BCUT2D eigenvalue weighted by atomic mass is 10.3. The molecule has 0 aromatic heterocycles. The number of sulfonamides is 1. The van der Waals surface area contributed by atoms with E-state index in [-0.39, 0.29) is 17.3 Å². The first-order chi connectivity index (χ1) is 10.4.